The minimum atomic E-state index is -0.330. The number of nitrogens with two attached hydrogens (primary N) is 1. The number of ether oxygens (including phenoxy) is 1. The van der Waals surface area contributed by atoms with E-state index < -0.39 is 0 Å². The van der Waals surface area contributed by atoms with Gasteiger partial charge in [0.1, 0.15) is 6.10 Å². The third kappa shape index (κ3) is 3.61. The Hall–Kier alpha value is -0.320. The molecule has 1 fully saturated rings. The molecule has 2 unspecified atom stereocenters. The van der Waals surface area contributed by atoms with Crippen molar-refractivity contribution in [3.8, 4) is 0 Å². The topological polar surface area (TPSA) is 64.3 Å². The molecule has 0 saturated carbocycles. The SMILES string of the molecule is CC(C)C(C)(CN)NC(=O)C1CCCO1.Cl. The van der Waals surface area contributed by atoms with Crippen LogP contribution in [0.2, 0.25) is 0 Å². The van der Waals surface area contributed by atoms with Gasteiger partial charge in [-0.05, 0) is 25.7 Å². The molecule has 96 valence electrons. The molecule has 1 amide bonds. The fraction of sp³-hybridized carbons (Fsp3) is 0.909. The lowest BCUT2D eigenvalue weighted by Gasteiger charge is -2.34. The van der Waals surface area contributed by atoms with Gasteiger partial charge in [-0.1, -0.05) is 13.8 Å². The highest BCUT2D eigenvalue weighted by atomic mass is 35.5. The molecule has 0 aromatic rings. The summed E-state index contributed by atoms with van der Waals surface area (Å²) in [6.45, 7) is 7.23. The highest BCUT2D eigenvalue weighted by molar-refractivity contribution is 5.85. The molecule has 0 aromatic heterocycles. The van der Waals surface area contributed by atoms with Gasteiger partial charge < -0.3 is 15.8 Å². The zero-order chi connectivity index (χ0) is 11.5. The van der Waals surface area contributed by atoms with Crippen molar-refractivity contribution in [1.29, 1.82) is 0 Å². The van der Waals surface area contributed by atoms with E-state index in [9.17, 15) is 4.79 Å². The number of amides is 1. The first-order valence-electron chi connectivity index (χ1n) is 5.63. The van der Waals surface area contributed by atoms with Gasteiger partial charge in [-0.25, -0.2) is 0 Å². The van der Waals surface area contributed by atoms with Crippen LogP contribution in [0.4, 0.5) is 0 Å². The predicted molar refractivity (Wildman–Crippen MR) is 66.7 cm³/mol. The van der Waals surface area contributed by atoms with Crippen molar-refractivity contribution >= 4 is 18.3 Å². The van der Waals surface area contributed by atoms with Crippen molar-refractivity contribution in [2.24, 2.45) is 11.7 Å². The van der Waals surface area contributed by atoms with Crippen molar-refractivity contribution in [1.82, 2.24) is 5.32 Å². The molecule has 4 nitrogen and oxygen atoms in total. The minimum Gasteiger partial charge on any atom is -0.368 e. The third-order valence-corrected chi connectivity index (χ3v) is 3.33. The van der Waals surface area contributed by atoms with E-state index in [0.29, 0.717) is 19.1 Å². The molecule has 0 aromatic carbocycles. The third-order valence-electron chi connectivity index (χ3n) is 3.33. The molecule has 0 radical (unpaired) electrons. The molecular weight excluding hydrogens is 228 g/mol. The molecular formula is C11H23ClN2O2. The molecule has 3 N–H and O–H groups in total. The van der Waals surface area contributed by atoms with Crippen molar-refractivity contribution in [3.63, 3.8) is 0 Å². The monoisotopic (exact) mass is 250 g/mol. The van der Waals surface area contributed by atoms with Gasteiger partial charge >= 0.3 is 0 Å². The molecule has 0 spiro atoms. The van der Waals surface area contributed by atoms with Crippen molar-refractivity contribution in [2.75, 3.05) is 13.2 Å². The molecule has 5 heteroatoms. The number of nitrogens with one attached hydrogen (secondary N) is 1. The van der Waals surface area contributed by atoms with Gasteiger partial charge in [-0.3, -0.25) is 4.79 Å². The van der Waals surface area contributed by atoms with Crippen LogP contribution in [0.25, 0.3) is 0 Å². The Bertz CT molecular complexity index is 230. The summed E-state index contributed by atoms with van der Waals surface area (Å²) in [6, 6.07) is 0. The molecule has 1 heterocycles. The Morgan fingerprint density at radius 3 is 2.62 bits per heavy atom. The van der Waals surface area contributed by atoms with Crippen molar-refractivity contribution < 1.29 is 9.53 Å². The fourth-order valence-corrected chi connectivity index (χ4v) is 1.58. The van der Waals surface area contributed by atoms with Gasteiger partial charge in [-0.15, -0.1) is 12.4 Å². The second-order valence-corrected chi connectivity index (χ2v) is 4.77. The zero-order valence-electron chi connectivity index (χ0n) is 10.3. The van der Waals surface area contributed by atoms with Crippen molar-refractivity contribution in [3.05, 3.63) is 0 Å². The lowest BCUT2D eigenvalue weighted by Crippen LogP contribution is -2.57. The van der Waals surface area contributed by atoms with Crippen LogP contribution >= 0.6 is 12.4 Å². The number of rotatable bonds is 4. The standard InChI is InChI=1S/C11H22N2O2.ClH/c1-8(2)11(3,7-12)13-10(14)9-5-4-6-15-9;/h8-9H,4-7,12H2,1-3H3,(H,13,14);1H. The largest absolute Gasteiger partial charge is 0.368 e. The van der Waals surface area contributed by atoms with Crippen LogP contribution in [0, 0.1) is 5.92 Å². The molecule has 1 aliphatic rings. The maximum absolute atomic E-state index is 11.8. The van der Waals surface area contributed by atoms with Crippen molar-refractivity contribution in [2.45, 2.75) is 45.3 Å². The van der Waals surface area contributed by atoms with Gasteiger partial charge in [-0.2, -0.15) is 0 Å². The fourth-order valence-electron chi connectivity index (χ4n) is 1.58. The summed E-state index contributed by atoms with van der Waals surface area (Å²) in [6.07, 6.45) is 1.53. The van der Waals surface area contributed by atoms with Gasteiger partial charge in [0.2, 0.25) is 5.91 Å². The summed E-state index contributed by atoms with van der Waals surface area (Å²) in [5.41, 5.74) is 5.37. The van der Waals surface area contributed by atoms with Gasteiger partial charge in [0.15, 0.2) is 0 Å². The lowest BCUT2D eigenvalue weighted by atomic mass is 9.88. The second kappa shape index (κ2) is 6.42. The highest BCUT2D eigenvalue weighted by Crippen LogP contribution is 2.18. The molecule has 16 heavy (non-hydrogen) atoms. The maximum Gasteiger partial charge on any atom is 0.249 e. The second-order valence-electron chi connectivity index (χ2n) is 4.77. The molecule has 0 bridgehead atoms. The van der Waals surface area contributed by atoms with E-state index >= 15 is 0 Å². The molecule has 1 rings (SSSR count). The average molecular weight is 251 g/mol. The maximum atomic E-state index is 11.8. The normalized spacial score (nSPS) is 23.7. The van der Waals surface area contributed by atoms with E-state index in [1.807, 2.05) is 6.92 Å². The van der Waals surface area contributed by atoms with Gasteiger partial charge in [0.05, 0.1) is 5.54 Å². The first kappa shape index (κ1) is 15.7. The lowest BCUT2D eigenvalue weighted by molar-refractivity contribution is -0.132. The summed E-state index contributed by atoms with van der Waals surface area (Å²) in [4.78, 5) is 11.8. The number of carbonyl (C=O) groups excluding carboxylic acids is 1. The summed E-state index contributed by atoms with van der Waals surface area (Å²) in [7, 11) is 0. The van der Waals surface area contributed by atoms with Crippen LogP contribution in [0.5, 0.6) is 0 Å². The van der Waals surface area contributed by atoms with E-state index in [4.69, 9.17) is 10.5 Å². The van der Waals surface area contributed by atoms with E-state index in [-0.39, 0.29) is 30.0 Å². The predicted octanol–water partition coefficient (Wildman–Crippen LogP) is 1.08. The summed E-state index contributed by atoms with van der Waals surface area (Å²) >= 11 is 0. The Kier molecular flexibility index (Phi) is 6.30. The molecule has 2 atom stereocenters. The summed E-state index contributed by atoms with van der Waals surface area (Å²) in [5, 5.41) is 3.00. The van der Waals surface area contributed by atoms with Gasteiger partial charge in [0.25, 0.3) is 0 Å². The van der Waals surface area contributed by atoms with Crippen LogP contribution < -0.4 is 11.1 Å². The van der Waals surface area contributed by atoms with E-state index in [1.165, 1.54) is 0 Å². The number of hydrogen-bond acceptors (Lipinski definition) is 3. The summed E-state index contributed by atoms with van der Waals surface area (Å²) < 4.78 is 5.33. The van der Waals surface area contributed by atoms with Crippen LogP contribution in [0.15, 0.2) is 0 Å². The quantitative estimate of drug-likeness (QED) is 0.785. The average Bonchev–Trinajstić information content (AvgIpc) is 2.70. The van der Waals surface area contributed by atoms with E-state index in [2.05, 4.69) is 19.2 Å². The minimum absolute atomic E-state index is 0. The zero-order valence-corrected chi connectivity index (χ0v) is 11.1. The molecule has 0 aliphatic carbocycles. The number of hydrogen-bond donors (Lipinski definition) is 2. The number of halogens is 1. The van der Waals surface area contributed by atoms with E-state index in [0.717, 1.165) is 12.8 Å². The molecule has 1 aliphatic heterocycles. The first-order chi connectivity index (χ1) is 6.99. The Balaban J connectivity index is 0.00000225. The smallest absolute Gasteiger partial charge is 0.249 e. The first-order valence-corrected chi connectivity index (χ1v) is 5.63. The van der Waals surface area contributed by atoms with Crippen LogP contribution in [0.3, 0.4) is 0 Å². The summed E-state index contributed by atoms with van der Waals surface area (Å²) in [5.74, 6) is 0.294. The molecule has 1 saturated heterocycles. The van der Waals surface area contributed by atoms with E-state index in [1.54, 1.807) is 0 Å². The Morgan fingerprint density at radius 2 is 2.25 bits per heavy atom. The highest BCUT2D eigenvalue weighted by Gasteiger charge is 2.32. The van der Waals surface area contributed by atoms with Crippen LogP contribution in [0.1, 0.15) is 33.6 Å². The van der Waals surface area contributed by atoms with Gasteiger partial charge in [0, 0.05) is 13.2 Å². The Morgan fingerprint density at radius 1 is 1.62 bits per heavy atom. The Labute approximate surface area is 104 Å². The number of carbonyl (C=O) groups is 1. The van der Waals surface area contributed by atoms with Crippen LogP contribution in [-0.4, -0.2) is 30.7 Å². The van der Waals surface area contributed by atoms with Crippen LogP contribution in [-0.2, 0) is 9.53 Å².